The molecule has 2 heterocycles. The molecular weight excluding hydrogens is 290 g/mol. The van der Waals surface area contributed by atoms with Crippen LogP contribution in [0.3, 0.4) is 0 Å². The number of sulfonamides is 1. The van der Waals surface area contributed by atoms with E-state index in [-0.39, 0.29) is 16.8 Å². The van der Waals surface area contributed by atoms with Gasteiger partial charge in [-0.2, -0.15) is 0 Å². The van der Waals surface area contributed by atoms with Gasteiger partial charge in [-0.1, -0.05) is 0 Å². The Morgan fingerprint density at radius 3 is 2.90 bits per heavy atom. The van der Waals surface area contributed by atoms with Crippen LogP contribution in [0.15, 0.2) is 35.4 Å². The van der Waals surface area contributed by atoms with Crippen molar-refractivity contribution in [2.75, 3.05) is 4.72 Å². The van der Waals surface area contributed by atoms with Gasteiger partial charge in [0.05, 0.1) is 4.90 Å². The minimum absolute atomic E-state index is 0.0791. The lowest BCUT2D eigenvalue weighted by atomic mass is 10.1. The number of anilines is 1. The normalized spacial score (nSPS) is 17.1. The molecule has 1 atom stereocenters. The minimum Gasteiger partial charge on any atom is -0.490 e. The molecule has 0 aliphatic carbocycles. The summed E-state index contributed by atoms with van der Waals surface area (Å²) in [5, 5.41) is 0. The predicted molar refractivity (Wildman–Crippen MR) is 77.8 cm³/mol. The van der Waals surface area contributed by atoms with Gasteiger partial charge in [-0.05, 0) is 43.7 Å². The van der Waals surface area contributed by atoms with Crippen LogP contribution < -0.4 is 9.46 Å². The van der Waals surface area contributed by atoms with Crippen molar-refractivity contribution < 1.29 is 13.2 Å². The van der Waals surface area contributed by atoms with Crippen LogP contribution in [0.4, 0.5) is 5.82 Å². The Balaban J connectivity index is 1.91. The van der Waals surface area contributed by atoms with E-state index >= 15 is 0 Å². The fourth-order valence-corrected chi connectivity index (χ4v) is 3.33. The van der Waals surface area contributed by atoms with Crippen molar-refractivity contribution in [3.05, 3.63) is 41.9 Å². The molecular formula is C14H15N3O3S. The number of nitrogens with one attached hydrogen (secondary N) is 1. The molecule has 0 unspecified atom stereocenters. The number of benzene rings is 1. The van der Waals surface area contributed by atoms with Crippen LogP contribution in [0, 0.1) is 6.92 Å². The Hall–Kier alpha value is -2.15. The van der Waals surface area contributed by atoms with E-state index in [0.717, 1.165) is 11.3 Å². The molecule has 0 fully saturated rings. The van der Waals surface area contributed by atoms with E-state index in [2.05, 4.69) is 14.7 Å². The summed E-state index contributed by atoms with van der Waals surface area (Å²) in [4.78, 5) is 8.18. The van der Waals surface area contributed by atoms with Crippen molar-refractivity contribution in [3.8, 4) is 5.75 Å². The molecule has 0 saturated heterocycles. The first kappa shape index (κ1) is 13.8. The first-order chi connectivity index (χ1) is 9.94. The summed E-state index contributed by atoms with van der Waals surface area (Å²) in [6, 6.07) is 6.39. The van der Waals surface area contributed by atoms with Gasteiger partial charge in [-0.25, -0.2) is 18.4 Å². The molecule has 0 bridgehead atoms. The number of aromatic nitrogens is 2. The fourth-order valence-electron chi connectivity index (χ4n) is 2.28. The summed E-state index contributed by atoms with van der Waals surface area (Å²) >= 11 is 0. The largest absolute Gasteiger partial charge is 0.490 e. The summed E-state index contributed by atoms with van der Waals surface area (Å²) in [6.07, 6.45) is 2.31. The molecule has 6 nitrogen and oxygen atoms in total. The first-order valence-corrected chi connectivity index (χ1v) is 8.04. The summed E-state index contributed by atoms with van der Waals surface area (Å²) < 4.78 is 32.8. The van der Waals surface area contributed by atoms with Crippen LogP contribution in [0.2, 0.25) is 0 Å². The van der Waals surface area contributed by atoms with Crippen LogP contribution in [0.5, 0.6) is 5.75 Å². The predicted octanol–water partition coefficient (Wildman–Crippen LogP) is 1.91. The highest BCUT2D eigenvalue weighted by atomic mass is 32.2. The first-order valence-electron chi connectivity index (χ1n) is 6.56. The van der Waals surface area contributed by atoms with Gasteiger partial charge >= 0.3 is 0 Å². The van der Waals surface area contributed by atoms with E-state index in [9.17, 15) is 8.42 Å². The van der Waals surface area contributed by atoms with E-state index in [4.69, 9.17) is 4.74 Å². The van der Waals surface area contributed by atoms with Crippen molar-refractivity contribution >= 4 is 15.8 Å². The van der Waals surface area contributed by atoms with Crippen LogP contribution in [0.1, 0.15) is 18.3 Å². The van der Waals surface area contributed by atoms with E-state index in [1.54, 1.807) is 19.1 Å². The number of ether oxygens (including phenoxy) is 1. The molecule has 0 radical (unpaired) electrons. The maximum absolute atomic E-state index is 12.4. The SMILES string of the molecule is Cc1nccc(NS(=O)(=O)c2ccc3c(c2)C[C@H](C)O3)n1. The number of hydrogen-bond acceptors (Lipinski definition) is 5. The third-order valence-corrected chi connectivity index (χ3v) is 4.55. The second-order valence-electron chi connectivity index (χ2n) is 5.00. The van der Waals surface area contributed by atoms with Crippen molar-refractivity contribution in [2.24, 2.45) is 0 Å². The Morgan fingerprint density at radius 1 is 1.33 bits per heavy atom. The number of fused-ring (bicyclic) bond motifs is 1. The monoisotopic (exact) mass is 305 g/mol. The quantitative estimate of drug-likeness (QED) is 0.936. The molecule has 1 N–H and O–H groups in total. The maximum Gasteiger partial charge on any atom is 0.263 e. The highest BCUT2D eigenvalue weighted by Gasteiger charge is 2.23. The number of hydrogen-bond donors (Lipinski definition) is 1. The number of nitrogens with zero attached hydrogens (tertiary/aromatic N) is 2. The highest BCUT2D eigenvalue weighted by Crippen LogP contribution is 2.31. The lowest BCUT2D eigenvalue weighted by Crippen LogP contribution is -2.14. The molecule has 110 valence electrons. The van der Waals surface area contributed by atoms with Gasteiger partial charge in [0.2, 0.25) is 0 Å². The average Bonchev–Trinajstić information content (AvgIpc) is 2.77. The van der Waals surface area contributed by atoms with Crippen molar-refractivity contribution in [2.45, 2.75) is 31.3 Å². The zero-order valence-electron chi connectivity index (χ0n) is 11.7. The molecule has 1 aromatic heterocycles. The lowest BCUT2D eigenvalue weighted by Gasteiger charge is -2.08. The minimum atomic E-state index is -3.66. The van der Waals surface area contributed by atoms with Gasteiger partial charge < -0.3 is 4.74 Å². The molecule has 21 heavy (non-hydrogen) atoms. The molecule has 0 spiro atoms. The lowest BCUT2D eigenvalue weighted by molar-refractivity contribution is 0.254. The second-order valence-corrected chi connectivity index (χ2v) is 6.68. The third kappa shape index (κ3) is 2.82. The Labute approximate surface area is 123 Å². The molecule has 3 rings (SSSR count). The van der Waals surface area contributed by atoms with Gasteiger partial charge in [0.25, 0.3) is 10.0 Å². The standard InChI is InChI=1S/C14H15N3O3S/c1-9-7-11-8-12(3-4-13(11)20-9)21(18,19)17-14-5-6-15-10(2)16-14/h3-6,8-9H,7H2,1-2H3,(H,15,16,17)/t9-/m0/s1. The van der Waals surface area contributed by atoms with Crippen LogP contribution in [-0.2, 0) is 16.4 Å². The van der Waals surface area contributed by atoms with E-state index in [1.807, 2.05) is 6.92 Å². The summed E-state index contributed by atoms with van der Waals surface area (Å²) in [5.41, 5.74) is 0.907. The van der Waals surface area contributed by atoms with Crippen molar-refractivity contribution in [1.29, 1.82) is 0 Å². The van der Waals surface area contributed by atoms with Crippen LogP contribution in [-0.4, -0.2) is 24.5 Å². The van der Waals surface area contributed by atoms with E-state index in [1.165, 1.54) is 18.3 Å². The highest BCUT2D eigenvalue weighted by molar-refractivity contribution is 7.92. The zero-order valence-corrected chi connectivity index (χ0v) is 12.5. The molecule has 1 aliphatic heterocycles. The smallest absolute Gasteiger partial charge is 0.263 e. The van der Waals surface area contributed by atoms with Gasteiger partial charge in [-0.15, -0.1) is 0 Å². The van der Waals surface area contributed by atoms with E-state index in [0.29, 0.717) is 12.2 Å². The van der Waals surface area contributed by atoms with E-state index < -0.39 is 10.0 Å². The second kappa shape index (κ2) is 5.00. The van der Waals surface area contributed by atoms with Gasteiger partial charge in [-0.3, -0.25) is 4.72 Å². The topological polar surface area (TPSA) is 81.2 Å². The maximum atomic E-state index is 12.4. The third-order valence-electron chi connectivity index (χ3n) is 3.19. The number of aryl methyl sites for hydroxylation is 1. The van der Waals surface area contributed by atoms with Gasteiger partial charge in [0.1, 0.15) is 23.5 Å². The van der Waals surface area contributed by atoms with Crippen LogP contribution >= 0.6 is 0 Å². The average molecular weight is 305 g/mol. The van der Waals surface area contributed by atoms with Gasteiger partial charge in [0, 0.05) is 12.6 Å². The van der Waals surface area contributed by atoms with Crippen molar-refractivity contribution in [1.82, 2.24) is 9.97 Å². The Morgan fingerprint density at radius 2 is 2.14 bits per heavy atom. The molecule has 7 heteroatoms. The molecule has 1 aromatic carbocycles. The fraction of sp³-hybridized carbons (Fsp3) is 0.286. The van der Waals surface area contributed by atoms with Crippen molar-refractivity contribution in [3.63, 3.8) is 0 Å². The molecule has 0 amide bonds. The van der Waals surface area contributed by atoms with Crippen LogP contribution in [0.25, 0.3) is 0 Å². The van der Waals surface area contributed by atoms with Gasteiger partial charge in [0.15, 0.2) is 0 Å². The zero-order chi connectivity index (χ0) is 15.0. The summed E-state index contributed by atoms with van der Waals surface area (Å²) in [5.74, 6) is 1.51. The molecule has 1 aliphatic rings. The number of rotatable bonds is 3. The molecule has 2 aromatic rings. The summed E-state index contributed by atoms with van der Waals surface area (Å²) in [6.45, 7) is 3.65. The summed E-state index contributed by atoms with van der Waals surface area (Å²) in [7, 11) is -3.66. The Kier molecular flexibility index (Phi) is 3.29. The Bertz CT molecular complexity index is 790. The molecule has 0 saturated carbocycles.